The van der Waals surface area contributed by atoms with Gasteiger partial charge in [0.05, 0.1) is 12.1 Å². The monoisotopic (exact) mass is 420 g/mol. The second kappa shape index (κ2) is 11.6. The first-order valence-electron chi connectivity index (χ1n) is 10.3. The maximum Gasteiger partial charge on any atom is 0.320 e. The van der Waals surface area contributed by atoms with Crippen molar-refractivity contribution >= 4 is 17.8 Å². The smallest absolute Gasteiger partial charge is 0.320 e. The third kappa shape index (κ3) is 7.08. The van der Waals surface area contributed by atoms with Crippen LogP contribution in [0.25, 0.3) is 0 Å². The number of amides is 1. The topological polar surface area (TPSA) is 145 Å². The standard InChI is InChI=1S/C21H32N4O5/c1-14(23-17(20(27)28)10-9-15-6-3-2-4-7-15)19(26)24-16(12-22)13-25-11-5-8-18(25)21(29)30/h2-4,6-7,14,16-18,23H,5,8-13,22H2,1H3,(H,24,26)(H,27,28)(H,29,30)/t14-,16?,17?,18-/m0/s1. The van der Waals surface area contributed by atoms with E-state index in [9.17, 15) is 24.6 Å². The SMILES string of the molecule is C[C@H](NC(CCc1ccccc1)C(=O)O)C(=O)NC(CN)CN1CCC[C@H]1C(=O)O. The summed E-state index contributed by atoms with van der Waals surface area (Å²) in [5.74, 6) is -2.24. The van der Waals surface area contributed by atoms with Gasteiger partial charge in [0.2, 0.25) is 5.91 Å². The number of benzene rings is 1. The van der Waals surface area contributed by atoms with Gasteiger partial charge in [-0.2, -0.15) is 0 Å². The van der Waals surface area contributed by atoms with Crippen molar-refractivity contribution in [1.29, 1.82) is 0 Å². The highest BCUT2D eigenvalue weighted by molar-refractivity contribution is 5.83. The zero-order valence-corrected chi connectivity index (χ0v) is 17.3. The lowest BCUT2D eigenvalue weighted by Crippen LogP contribution is -2.55. The van der Waals surface area contributed by atoms with Crippen LogP contribution in [-0.2, 0) is 20.8 Å². The minimum atomic E-state index is -1.01. The van der Waals surface area contributed by atoms with Gasteiger partial charge in [0.15, 0.2) is 0 Å². The van der Waals surface area contributed by atoms with Gasteiger partial charge in [0, 0.05) is 13.1 Å². The Morgan fingerprint density at radius 3 is 2.53 bits per heavy atom. The number of carboxylic acids is 2. The number of nitrogens with two attached hydrogens (primary N) is 1. The maximum absolute atomic E-state index is 12.6. The second-order valence-corrected chi connectivity index (χ2v) is 7.74. The van der Waals surface area contributed by atoms with E-state index in [1.807, 2.05) is 35.2 Å². The summed E-state index contributed by atoms with van der Waals surface area (Å²) in [6, 6.07) is 7.01. The number of carboxylic acid groups (broad SMARTS) is 2. The molecular formula is C21H32N4O5. The van der Waals surface area contributed by atoms with Gasteiger partial charge in [-0.15, -0.1) is 0 Å². The van der Waals surface area contributed by atoms with Crippen molar-refractivity contribution in [2.24, 2.45) is 5.73 Å². The average Bonchev–Trinajstić information content (AvgIpc) is 3.19. The van der Waals surface area contributed by atoms with Crippen LogP contribution in [0.5, 0.6) is 0 Å². The summed E-state index contributed by atoms with van der Waals surface area (Å²) in [4.78, 5) is 37.3. The van der Waals surface area contributed by atoms with Crippen molar-refractivity contribution in [3.63, 3.8) is 0 Å². The highest BCUT2D eigenvalue weighted by Gasteiger charge is 2.32. The molecule has 0 aliphatic carbocycles. The van der Waals surface area contributed by atoms with Gasteiger partial charge in [-0.05, 0) is 44.7 Å². The summed E-state index contributed by atoms with van der Waals surface area (Å²) < 4.78 is 0. The molecule has 1 heterocycles. The summed E-state index contributed by atoms with van der Waals surface area (Å²) >= 11 is 0. The summed E-state index contributed by atoms with van der Waals surface area (Å²) in [5.41, 5.74) is 6.81. The lowest BCUT2D eigenvalue weighted by molar-refractivity contribution is -0.142. The zero-order valence-electron chi connectivity index (χ0n) is 17.3. The average molecular weight is 421 g/mol. The summed E-state index contributed by atoms with van der Waals surface area (Å²) in [6.07, 6.45) is 2.31. The first-order valence-corrected chi connectivity index (χ1v) is 10.3. The number of carbonyl (C=O) groups is 3. The Labute approximate surface area is 176 Å². The van der Waals surface area contributed by atoms with Gasteiger partial charge in [-0.25, -0.2) is 0 Å². The van der Waals surface area contributed by atoms with E-state index in [0.717, 1.165) is 12.0 Å². The zero-order chi connectivity index (χ0) is 22.1. The highest BCUT2D eigenvalue weighted by atomic mass is 16.4. The molecule has 1 aliphatic rings. The molecule has 6 N–H and O–H groups in total. The Hall–Kier alpha value is -2.49. The fraction of sp³-hybridized carbons (Fsp3) is 0.571. The van der Waals surface area contributed by atoms with Crippen molar-refractivity contribution < 1.29 is 24.6 Å². The Kier molecular flexibility index (Phi) is 9.22. The molecule has 2 unspecified atom stereocenters. The largest absolute Gasteiger partial charge is 0.480 e. The molecule has 1 amide bonds. The molecule has 0 aromatic heterocycles. The fourth-order valence-corrected chi connectivity index (χ4v) is 3.72. The van der Waals surface area contributed by atoms with Crippen LogP contribution in [-0.4, -0.2) is 76.8 Å². The Bertz CT molecular complexity index is 715. The van der Waals surface area contributed by atoms with E-state index in [2.05, 4.69) is 10.6 Å². The number of aliphatic carboxylic acids is 2. The van der Waals surface area contributed by atoms with Crippen molar-refractivity contribution in [2.45, 2.75) is 56.8 Å². The molecule has 1 aromatic carbocycles. The predicted molar refractivity (Wildman–Crippen MR) is 112 cm³/mol. The van der Waals surface area contributed by atoms with Gasteiger partial charge in [0.1, 0.15) is 12.1 Å². The maximum atomic E-state index is 12.6. The summed E-state index contributed by atoms with van der Waals surface area (Å²) in [7, 11) is 0. The molecule has 0 radical (unpaired) electrons. The highest BCUT2D eigenvalue weighted by Crippen LogP contribution is 2.17. The molecule has 9 nitrogen and oxygen atoms in total. The number of hydrogen-bond acceptors (Lipinski definition) is 6. The van der Waals surface area contributed by atoms with E-state index in [1.54, 1.807) is 6.92 Å². The molecule has 2 rings (SSSR count). The molecule has 1 fully saturated rings. The van der Waals surface area contributed by atoms with Crippen molar-refractivity contribution in [3.05, 3.63) is 35.9 Å². The number of likely N-dealkylation sites (tertiary alicyclic amines) is 1. The molecular weight excluding hydrogens is 388 g/mol. The third-order valence-corrected chi connectivity index (χ3v) is 5.44. The number of hydrogen-bond donors (Lipinski definition) is 5. The van der Waals surface area contributed by atoms with Crippen LogP contribution in [0, 0.1) is 0 Å². The van der Waals surface area contributed by atoms with E-state index >= 15 is 0 Å². The quantitative estimate of drug-likeness (QED) is 0.319. The number of carbonyl (C=O) groups excluding carboxylic acids is 1. The van der Waals surface area contributed by atoms with E-state index in [0.29, 0.717) is 32.4 Å². The molecule has 9 heteroatoms. The van der Waals surface area contributed by atoms with E-state index in [1.165, 1.54) is 0 Å². The first-order chi connectivity index (χ1) is 14.3. The fourth-order valence-electron chi connectivity index (χ4n) is 3.72. The minimum Gasteiger partial charge on any atom is -0.480 e. The van der Waals surface area contributed by atoms with Crippen LogP contribution in [0.1, 0.15) is 31.7 Å². The normalized spacial score (nSPS) is 19.7. The van der Waals surface area contributed by atoms with Crippen LogP contribution in [0.3, 0.4) is 0 Å². The van der Waals surface area contributed by atoms with Crippen LogP contribution in [0.15, 0.2) is 30.3 Å². The summed E-state index contributed by atoms with van der Waals surface area (Å²) in [5, 5.41) is 24.5. The number of nitrogens with zero attached hydrogens (tertiary/aromatic N) is 1. The minimum absolute atomic E-state index is 0.164. The Balaban J connectivity index is 1.87. The van der Waals surface area contributed by atoms with Crippen LogP contribution >= 0.6 is 0 Å². The van der Waals surface area contributed by atoms with Crippen molar-refractivity contribution in [3.8, 4) is 0 Å². The lowest BCUT2D eigenvalue weighted by atomic mass is 10.0. The van der Waals surface area contributed by atoms with E-state index in [4.69, 9.17) is 5.73 Å². The molecule has 4 atom stereocenters. The van der Waals surface area contributed by atoms with Crippen molar-refractivity contribution in [1.82, 2.24) is 15.5 Å². The van der Waals surface area contributed by atoms with E-state index < -0.39 is 36.1 Å². The van der Waals surface area contributed by atoms with E-state index in [-0.39, 0.29) is 12.5 Å². The molecule has 0 spiro atoms. The molecule has 166 valence electrons. The van der Waals surface area contributed by atoms with Crippen LogP contribution in [0.4, 0.5) is 0 Å². The van der Waals surface area contributed by atoms with Gasteiger partial charge >= 0.3 is 11.9 Å². The van der Waals surface area contributed by atoms with Gasteiger partial charge in [-0.3, -0.25) is 24.6 Å². The molecule has 0 bridgehead atoms. The van der Waals surface area contributed by atoms with Gasteiger partial charge < -0.3 is 21.3 Å². The first kappa shape index (κ1) is 23.8. The Morgan fingerprint density at radius 1 is 1.23 bits per heavy atom. The molecule has 1 aromatic rings. The van der Waals surface area contributed by atoms with Crippen LogP contribution < -0.4 is 16.4 Å². The van der Waals surface area contributed by atoms with Gasteiger partial charge in [-0.1, -0.05) is 30.3 Å². The lowest BCUT2D eigenvalue weighted by Gasteiger charge is -2.28. The van der Waals surface area contributed by atoms with Gasteiger partial charge in [0.25, 0.3) is 0 Å². The Morgan fingerprint density at radius 2 is 1.93 bits per heavy atom. The third-order valence-electron chi connectivity index (χ3n) is 5.44. The van der Waals surface area contributed by atoms with Crippen LogP contribution in [0.2, 0.25) is 0 Å². The van der Waals surface area contributed by atoms with Crippen molar-refractivity contribution in [2.75, 3.05) is 19.6 Å². The number of nitrogens with one attached hydrogen (secondary N) is 2. The number of aryl methyl sites for hydroxylation is 1. The second-order valence-electron chi connectivity index (χ2n) is 7.74. The summed E-state index contributed by atoms with van der Waals surface area (Å²) in [6.45, 7) is 2.77. The molecule has 1 aliphatic heterocycles. The predicted octanol–water partition coefficient (Wildman–Crippen LogP) is 0.0430. The molecule has 1 saturated heterocycles. The number of rotatable bonds is 12. The molecule has 30 heavy (non-hydrogen) atoms. The molecule has 0 saturated carbocycles.